The Bertz CT molecular complexity index is 902. The molecule has 26 heavy (non-hydrogen) atoms. The summed E-state index contributed by atoms with van der Waals surface area (Å²) in [6, 6.07) is 16.8. The van der Waals surface area contributed by atoms with Crippen LogP contribution in [0.4, 0.5) is 5.69 Å². The maximum absolute atomic E-state index is 4.47. The molecular weight excluding hydrogens is 437 g/mol. The highest BCUT2D eigenvalue weighted by Crippen LogP contribution is 2.27. The highest BCUT2D eigenvalue weighted by atomic mass is 127. The largest absolute Gasteiger partial charge is 0.356 e. The smallest absolute Gasteiger partial charge is 0.198 e. The summed E-state index contributed by atoms with van der Waals surface area (Å²) < 4.78 is 2.21. The number of anilines is 1. The predicted molar refractivity (Wildman–Crippen MR) is 119 cm³/mol. The van der Waals surface area contributed by atoms with Crippen LogP contribution in [0.15, 0.2) is 59.9 Å². The predicted octanol–water partition coefficient (Wildman–Crippen LogP) is 3.68. The van der Waals surface area contributed by atoms with Gasteiger partial charge in [-0.05, 0) is 36.6 Å². The number of benzene rings is 2. The molecule has 1 N–H and O–H groups in total. The van der Waals surface area contributed by atoms with Crippen LogP contribution < -0.4 is 10.2 Å². The molecule has 0 atom stereocenters. The van der Waals surface area contributed by atoms with Gasteiger partial charge in [0.1, 0.15) is 0 Å². The summed E-state index contributed by atoms with van der Waals surface area (Å²) >= 11 is 0. The average molecular weight is 461 g/mol. The summed E-state index contributed by atoms with van der Waals surface area (Å²) in [5.74, 6) is 0.959. The van der Waals surface area contributed by atoms with Crippen LogP contribution in [0.1, 0.15) is 12.0 Å². The Morgan fingerprint density at radius 3 is 2.85 bits per heavy atom. The molecule has 0 fully saturated rings. The second-order valence-electron chi connectivity index (χ2n) is 6.28. The van der Waals surface area contributed by atoms with Crippen LogP contribution >= 0.6 is 24.0 Å². The third-order valence-corrected chi connectivity index (χ3v) is 4.74. The zero-order valence-electron chi connectivity index (χ0n) is 14.9. The van der Waals surface area contributed by atoms with E-state index >= 15 is 0 Å². The highest BCUT2D eigenvalue weighted by molar-refractivity contribution is 14.0. The SMILES string of the molecule is CN=C(NCCCn1cnc2ccccc21)N1CCc2ccccc21.I. The van der Waals surface area contributed by atoms with Gasteiger partial charge in [-0.3, -0.25) is 4.99 Å². The Balaban J connectivity index is 0.00000196. The number of guanidine groups is 1. The number of hydrogen-bond acceptors (Lipinski definition) is 2. The number of aryl methyl sites for hydroxylation is 1. The van der Waals surface area contributed by atoms with Crippen molar-refractivity contribution in [3.63, 3.8) is 0 Å². The summed E-state index contributed by atoms with van der Waals surface area (Å²) in [6.07, 6.45) is 4.03. The Morgan fingerprint density at radius 2 is 1.96 bits per heavy atom. The van der Waals surface area contributed by atoms with E-state index in [0.29, 0.717) is 0 Å². The zero-order valence-corrected chi connectivity index (χ0v) is 17.3. The lowest BCUT2D eigenvalue weighted by Gasteiger charge is -2.22. The summed E-state index contributed by atoms with van der Waals surface area (Å²) in [5.41, 5.74) is 4.92. The molecule has 0 unspecified atom stereocenters. The van der Waals surface area contributed by atoms with Crippen molar-refractivity contribution in [2.75, 3.05) is 25.0 Å². The molecule has 2 aromatic carbocycles. The van der Waals surface area contributed by atoms with Gasteiger partial charge in [-0.15, -0.1) is 24.0 Å². The first kappa shape index (κ1) is 18.7. The molecule has 1 aromatic heterocycles. The van der Waals surface area contributed by atoms with E-state index in [1.165, 1.54) is 16.8 Å². The van der Waals surface area contributed by atoms with Gasteiger partial charge in [0.15, 0.2) is 5.96 Å². The van der Waals surface area contributed by atoms with Gasteiger partial charge in [-0.25, -0.2) is 4.98 Å². The summed E-state index contributed by atoms with van der Waals surface area (Å²) in [5, 5.41) is 3.50. The lowest BCUT2D eigenvalue weighted by Crippen LogP contribution is -2.41. The van der Waals surface area contributed by atoms with Crippen LogP contribution in [-0.4, -0.2) is 35.6 Å². The summed E-state index contributed by atoms with van der Waals surface area (Å²) in [7, 11) is 1.85. The van der Waals surface area contributed by atoms with Crippen molar-refractivity contribution in [3.8, 4) is 0 Å². The number of imidazole rings is 1. The van der Waals surface area contributed by atoms with Gasteiger partial charge in [0.25, 0.3) is 0 Å². The number of para-hydroxylation sites is 3. The topological polar surface area (TPSA) is 45.5 Å². The van der Waals surface area contributed by atoms with E-state index in [9.17, 15) is 0 Å². The van der Waals surface area contributed by atoms with Crippen molar-refractivity contribution in [1.29, 1.82) is 0 Å². The van der Waals surface area contributed by atoms with Gasteiger partial charge in [0.2, 0.25) is 0 Å². The van der Waals surface area contributed by atoms with Crippen molar-refractivity contribution in [3.05, 3.63) is 60.4 Å². The lowest BCUT2D eigenvalue weighted by molar-refractivity contribution is 0.641. The minimum absolute atomic E-state index is 0. The van der Waals surface area contributed by atoms with Crippen molar-refractivity contribution in [2.45, 2.75) is 19.4 Å². The molecule has 0 spiro atoms. The van der Waals surface area contributed by atoms with Gasteiger partial charge in [0, 0.05) is 32.4 Å². The number of nitrogens with one attached hydrogen (secondary N) is 1. The second kappa shape index (κ2) is 8.53. The van der Waals surface area contributed by atoms with Gasteiger partial charge >= 0.3 is 0 Å². The molecular formula is C20H24IN5. The molecule has 0 saturated heterocycles. The molecule has 1 aliphatic heterocycles. The van der Waals surface area contributed by atoms with Crippen LogP contribution in [0.3, 0.4) is 0 Å². The number of fused-ring (bicyclic) bond motifs is 2. The van der Waals surface area contributed by atoms with E-state index < -0.39 is 0 Å². The number of nitrogens with zero attached hydrogens (tertiary/aromatic N) is 4. The first-order valence-electron chi connectivity index (χ1n) is 8.83. The molecule has 3 aromatic rings. The molecule has 2 heterocycles. The van der Waals surface area contributed by atoms with Crippen molar-refractivity contribution < 1.29 is 0 Å². The van der Waals surface area contributed by atoms with Crippen LogP contribution in [0.5, 0.6) is 0 Å². The molecule has 0 amide bonds. The van der Waals surface area contributed by atoms with Crippen LogP contribution in [0, 0.1) is 0 Å². The highest BCUT2D eigenvalue weighted by Gasteiger charge is 2.21. The van der Waals surface area contributed by atoms with E-state index in [1.807, 2.05) is 19.4 Å². The third kappa shape index (κ3) is 3.70. The normalized spacial score (nSPS) is 13.6. The molecule has 0 radical (unpaired) electrons. The minimum atomic E-state index is 0. The van der Waals surface area contributed by atoms with Crippen molar-refractivity contribution in [2.24, 2.45) is 4.99 Å². The Hall–Kier alpha value is -2.09. The maximum atomic E-state index is 4.47. The quantitative estimate of drug-likeness (QED) is 0.279. The number of aliphatic imine (C=N–C) groups is 1. The number of halogens is 1. The van der Waals surface area contributed by atoms with Gasteiger partial charge < -0.3 is 14.8 Å². The Labute approximate surface area is 171 Å². The molecule has 0 aliphatic carbocycles. The van der Waals surface area contributed by atoms with Gasteiger partial charge in [-0.2, -0.15) is 0 Å². The van der Waals surface area contributed by atoms with E-state index in [0.717, 1.165) is 44.0 Å². The second-order valence-corrected chi connectivity index (χ2v) is 6.28. The standard InChI is InChI=1S/C20H23N5.HI/c1-21-20(25-14-11-16-7-2-4-9-18(16)25)22-12-6-13-24-15-23-17-8-3-5-10-19(17)24;/h2-5,7-10,15H,6,11-14H2,1H3,(H,21,22);1H. The van der Waals surface area contributed by atoms with Crippen molar-refractivity contribution in [1.82, 2.24) is 14.9 Å². The average Bonchev–Trinajstić information content (AvgIpc) is 3.26. The number of hydrogen-bond donors (Lipinski definition) is 1. The molecule has 5 nitrogen and oxygen atoms in total. The van der Waals surface area contributed by atoms with E-state index in [4.69, 9.17) is 0 Å². The molecule has 4 rings (SSSR count). The lowest BCUT2D eigenvalue weighted by atomic mass is 10.2. The summed E-state index contributed by atoms with van der Waals surface area (Å²) in [4.78, 5) is 11.2. The zero-order chi connectivity index (χ0) is 17.1. The van der Waals surface area contributed by atoms with Gasteiger partial charge in [-0.1, -0.05) is 30.3 Å². The fraction of sp³-hybridized carbons (Fsp3) is 0.300. The van der Waals surface area contributed by atoms with Crippen LogP contribution in [-0.2, 0) is 13.0 Å². The van der Waals surface area contributed by atoms with Crippen LogP contribution in [0.25, 0.3) is 11.0 Å². The summed E-state index contributed by atoms with van der Waals surface area (Å²) in [6.45, 7) is 2.82. The minimum Gasteiger partial charge on any atom is -0.356 e. The Kier molecular flexibility index (Phi) is 6.13. The van der Waals surface area contributed by atoms with Crippen LogP contribution in [0.2, 0.25) is 0 Å². The molecule has 0 saturated carbocycles. The van der Waals surface area contributed by atoms with Crippen molar-refractivity contribution >= 4 is 46.7 Å². The first-order chi connectivity index (χ1) is 12.4. The number of aromatic nitrogens is 2. The fourth-order valence-corrected chi connectivity index (χ4v) is 3.49. The molecule has 0 bridgehead atoms. The number of rotatable bonds is 4. The molecule has 1 aliphatic rings. The third-order valence-electron chi connectivity index (χ3n) is 4.74. The molecule has 136 valence electrons. The van der Waals surface area contributed by atoms with E-state index in [2.05, 4.69) is 67.2 Å². The van der Waals surface area contributed by atoms with Gasteiger partial charge in [0.05, 0.1) is 17.4 Å². The maximum Gasteiger partial charge on any atom is 0.198 e. The first-order valence-corrected chi connectivity index (χ1v) is 8.83. The molecule has 6 heteroatoms. The van der Waals surface area contributed by atoms with E-state index in [1.54, 1.807) is 0 Å². The van der Waals surface area contributed by atoms with E-state index in [-0.39, 0.29) is 24.0 Å². The fourth-order valence-electron chi connectivity index (χ4n) is 3.49. The Morgan fingerprint density at radius 1 is 1.15 bits per heavy atom. The monoisotopic (exact) mass is 461 g/mol.